The van der Waals surface area contributed by atoms with E-state index in [-0.39, 0.29) is 31.5 Å². The van der Waals surface area contributed by atoms with Gasteiger partial charge in [-0.05, 0) is 59.3 Å². The van der Waals surface area contributed by atoms with Gasteiger partial charge < -0.3 is 10.6 Å². The van der Waals surface area contributed by atoms with Gasteiger partial charge >= 0.3 is 0 Å². The molecule has 0 aliphatic heterocycles. The Bertz CT molecular complexity index is 722. The first-order valence-electron chi connectivity index (χ1n) is 11.9. The molecule has 0 aromatic carbocycles. The van der Waals surface area contributed by atoms with Crippen LogP contribution in [-0.4, -0.2) is 69.8 Å². The number of carbonyl (C=O) groups excluding carboxylic acids is 4. The number of amides is 4. The summed E-state index contributed by atoms with van der Waals surface area (Å²) < 4.78 is 0. The van der Waals surface area contributed by atoms with Crippen molar-refractivity contribution in [3.8, 4) is 0 Å². The molecule has 0 radical (unpaired) electrons. The number of rotatable bonds is 17. The first kappa shape index (κ1) is 31.3. The number of nitrogens with zero attached hydrogens (tertiary/aromatic N) is 2. The summed E-state index contributed by atoms with van der Waals surface area (Å²) in [6, 6.07) is -1.05. The fraction of sp³-hybridized carbons (Fsp3) is 0.667. The normalized spacial score (nSPS) is 13.6. The minimum Gasteiger partial charge on any atom is -0.352 e. The fourth-order valence-electron chi connectivity index (χ4n) is 3.14. The van der Waals surface area contributed by atoms with Gasteiger partial charge in [0.1, 0.15) is 6.04 Å². The first-order valence-corrected chi connectivity index (χ1v) is 11.9. The van der Waals surface area contributed by atoms with E-state index in [9.17, 15) is 29.6 Å². The molecule has 10 heteroatoms. The van der Waals surface area contributed by atoms with E-state index < -0.39 is 17.9 Å². The largest absolute Gasteiger partial charge is 0.352 e. The van der Waals surface area contributed by atoms with Gasteiger partial charge in [-0.1, -0.05) is 31.4 Å². The van der Waals surface area contributed by atoms with E-state index in [1.54, 1.807) is 6.92 Å². The summed E-state index contributed by atoms with van der Waals surface area (Å²) in [5.41, 5.74) is 1.75. The van der Waals surface area contributed by atoms with E-state index in [0.29, 0.717) is 35.8 Å². The Morgan fingerprint density at radius 2 is 1.44 bits per heavy atom. The number of hydroxylamine groups is 4. The Kier molecular flexibility index (Phi) is 16.3. The molecule has 0 saturated heterocycles. The third kappa shape index (κ3) is 13.7. The van der Waals surface area contributed by atoms with E-state index >= 15 is 0 Å². The van der Waals surface area contributed by atoms with Gasteiger partial charge in [0, 0.05) is 31.3 Å². The summed E-state index contributed by atoms with van der Waals surface area (Å²) >= 11 is 0. The van der Waals surface area contributed by atoms with Crippen LogP contribution in [0.3, 0.4) is 0 Å². The molecule has 2 unspecified atom stereocenters. The molecule has 2 atom stereocenters. The van der Waals surface area contributed by atoms with E-state index in [0.717, 1.165) is 30.4 Å². The molecular formula is C24H42N4O6. The van der Waals surface area contributed by atoms with Gasteiger partial charge in [-0.25, -0.2) is 10.1 Å². The van der Waals surface area contributed by atoms with Crippen LogP contribution in [0.5, 0.6) is 0 Å². The number of nitrogens with one attached hydrogen (secondary N) is 2. The van der Waals surface area contributed by atoms with Crippen molar-refractivity contribution < 1.29 is 29.6 Å². The molecule has 0 heterocycles. The molecule has 0 aromatic rings. The minimum absolute atomic E-state index is 0.0287. The summed E-state index contributed by atoms with van der Waals surface area (Å²) in [6.07, 6.45) is 7.15. The Labute approximate surface area is 203 Å². The third-order valence-electron chi connectivity index (χ3n) is 5.29. The van der Waals surface area contributed by atoms with Crippen LogP contribution < -0.4 is 10.6 Å². The zero-order valence-electron chi connectivity index (χ0n) is 21.2. The topological polar surface area (TPSA) is 139 Å². The van der Waals surface area contributed by atoms with Crippen molar-refractivity contribution in [1.82, 2.24) is 20.8 Å². The van der Waals surface area contributed by atoms with E-state index in [4.69, 9.17) is 0 Å². The molecule has 0 fully saturated rings. The molecule has 0 aromatic heterocycles. The molecule has 34 heavy (non-hydrogen) atoms. The molecule has 0 rings (SSSR count). The fourth-order valence-corrected chi connectivity index (χ4v) is 3.14. The second-order valence-electron chi connectivity index (χ2n) is 8.54. The molecule has 194 valence electrons. The summed E-state index contributed by atoms with van der Waals surface area (Å²) in [7, 11) is 0. The highest BCUT2D eigenvalue weighted by Gasteiger charge is 2.20. The molecular weight excluding hydrogens is 440 g/mol. The van der Waals surface area contributed by atoms with Crippen molar-refractivity contribution in [2.75, 3.05) is 13.1 Å². The summed E-state index contributed by atoms with van der Waals surface area (Å²) in [4.78, 5) is 47.3. The Morgan fingerprint density at radius 1 is 0.912 bits per heavy atom. The van der Waals surface area contributed by atoms with Crippen LogP contribution >= 0.6 is 0 Å². The predicted molar refractivity (Wildman–Crippen MR) is 129 cm³/mol. The Morgan fingerprint density at radius 3 is 1.94 bits per heavy atom. The first-order chi connectivity index (χ1) is 16.0. The van der Waals surface area contributed by atoms with E-state index in [1.807, 2.05) is 27.7 Å². The second-order valence-corrected chi connectivity index (χ2v) is 8.54. The predicted octanol–water partition coefficient (Wildman–Crippen LogP) is 2.70. The van der Waals surface area contributed by atoms with Gasteiger partial charge in [0.25, 0.3) is 11.8 Å². The Hall–Kier alpha value is -2.72. The van der Waals surface area contributed by atoms with Gasteiger partial charge in [-0.15, -0.1) is 0 Å². The molecule has 4 amide bonds. The zero-order chi connectivity index (χ0) is 26.1. The van der Waals surface area contributed by atoms with Crippen LogP contribution in [0, 0.1) is 0 Å². The van der Waals surface area contributed by atoms with Crippen molar-refractivity contribution in [1.29, 1.82) is 0 Å². The summed E-state index contributed by atoms with van der Waals surface area (Å²) in [5.74, 6) is -1.37. The summed E-state index contributed by atoms with van der Waals surface area (Å²) in [6.45, 7) is 9.51. The number of hydrogen-bond donors (Lipinski definition) is 4. The maximum Gasteiger partial charge on any atom is 0.269 e. The molecule has 0 aliphatic carbocycles. The van der Waals surface area contributed by atoms with Crippen LogP contribution in [-0.2, 0) is 19.2 Å². The standard InChI is InChI=1S/C24H42N4O6/c1-6-10-19(4)16-23(31)28(34)14-9-12-21(25-17-29)24(32)26-20(5)11-8-13-27(33)22(30)15-18(3)7-2/h15-17,20-21,33-34H,6-14H2,1-5H3,(H,25,29)(H,26,32)/b18-15+,19-16+. The number of carbonyl (C=O) groups is 4. The molecule has 0 saturated carbocycles. The van der Waals surface area contributed by atoms with Crippen molar-refractivity contribution in [3.05, 3.63) is 23.3 Å². The maximum atomic E-state index is 12.5. The zero-order valence-corrected chi connectivity index (χ0v) is 21.2. The summed E-state index contributed by atoms with van der Waals surface area (Å²) in [5, 5.41) is 26.3. The lowest BCUT2D eigenvalue weighted by Crippen LogP contribution is -2.47. The molecule has 4 N–H and O–H groups in total. The SMILES string of the molecule is CCC/C(C)=C/C(=O)N(O)CCCC(NC=O)C(=O)NC(C)CCCN(O)C(=O)/C=C(\C)CC. The van der Waals surface area contributed by atoms with Crippen molar-refractivity contribution in [3.63, 3.8) is 0 Å². The third-order valence-corrected chi connectivity index (χ3v) is 5.29. The van der Waals surface area contributed by atoms with Gasteiger partial charge in [0.2, 0.25) is 12.3 Å². The van der Waals surface area contributed by atoms with Crippen LogP contribution in [0.2, 0.25) is 0 Å². The van der Waals surface area contributed by atoms with Crippen LogP contribution in [0.1, 0.15) is 79.6 Å². The average molecular weight is 483 g/mol. The maximum absolute atomic E-state index is 12.5. The smallest absolute Gasteiger partial charge is 0.269 e. The number of hydrogen-bond acceptors (Lipinski definition) is 6. The van der Waals surface area contributed by atoms with Gasteiger partial charge in [0.05, 0.1) is 0 Å². The van der Waals surface area contributed by atoms with Crippen molar-refractivity contribution in [2.24, 2.45) is 0 Å². The highest BCUT2D eigenvalue weighted by atomic mass is 16.5. The number of allylic oxidation sites excluding steroid dienone is 2. The lowest BCUT2D eigenvalue weighted by molar-refractivity contribution is -0.160. The van der Waals surface area contributed by atoms with E-state index in [1.165, 1.54) is 12.2 Å². The second kappa shape index (κ2) is 17.7. The van der Waals surface area contributed by atoms with Crippen LogP contribution in [0.4, 0.5) is 0 Å². The van der Waals surface area contributed by atoms with Crippen LogP contribution in [0.25, 0.3) is 0 Å². The monoisotopic (exact) mass is 482 g/mol. The molecule has 10 nitrogen and oxygen atoms in total. The minimum atomic E-state index is -0.807. The lowest BCUT2D eigenvalue weighted by Gasteiger charge is -2.21. The average Bonchev–Trinajstić information content (AvgIpc) is 2.77. The van der Waals surface area contributed by atoms with Crippen molar-refractivity contribution >= 4 is 24.1 Å². The highest BCUT2D eigenvalue weighted by molar-refractivity contribution is 5.87. The van der Waals surface area contributed by atoms with Gasteiger partial charge in [-0.3, -0.25) is 29.6 Å². The van der Waals surface area contributed by atoms with Gasteiger partial charge in [0.15, 0.2) is 0 Å². The van der Waals surface area contributed by atoms with Crippen molar-refractivity contribution in [2.45, 2.75) is 91.6 Å². The highest BCUT2D eigenvalue weighted by Crippen LogP contribution is 2.07. The molecule has 0 aliphatic rings. The Balaban J connectivity index is 4.52. The van der Waals surface area contributed by atoms with Gasteiger partial charge in [-0.2, -0.15) is 0 Å². The van der Waals surface area contributed by atoms with E-state index in [2.05, 4.69) is 10.6 Å². The molecule has 0 spiro atoms. The van der Waals surface area contributed by atoms with Crippen LogP contribution in [0.15, 0.2) is 23.3 Å². The molecule has 0 bridgehead atoms. The quantitative estimate of drug-likeness (QED) is 0.109. The lowest BCUT2D eigenvalue weighted by atomic mass is 10.1.